The van der Waals surface area contributed by atoms with Gasteiger partial charge in [0.05, 0.1) is 18.3 Å². The van der Waals surface area contributed by atoms with E-state index in [2.05, 4.69) is 20.8 Å². The van der Waals surface area contributed by atoms with Gasteiger partial charge in [-0.3, -0.25) is 0 Å². The summed E-state index contributed by atoms with van der Waals surface area (Å²) in [6.07, 6.45) is 8.50. The maximum atomic E-state index is 9.27. The minimum absolute atomic E-state index is 0.177. The highest BCUT2D eigenvalue weighted by atomic mass is 16.5. The molecule has 0 saturated carbocycles. The van der Waals surface area contributed by atoms with Crippen molar-refractivity contribution in [1.29, 1.82) is 0 Å². The van der Waals surface area contributed by atoms with E-state index in [1.54, 1.807) is 0 Å². The smallest absolute Gasteiger partial charge is 0.0576 e. The second-order valence-electron chi connectivity index (χ2n) is 4.91. The molecule has 0 bridgehead atoms. The van der Waals surface area contributed by atoms with Gasteiger partial charge in [-0.1, -0.05) is 39.5 Å². The average Bonchev–Trinajstić information content (AvgIpc) is 2.21. The number of aliphatic hydroxyl groups is 1. The van der Waals surface area contributed by atoms with Crippen molar-refractivity contribution in [3.63, 3.8) is 0 Å². The first-order valence-corrected chi connectivity index (χ1v) is 6.93. The van der Waals surface area contributed by atoms with Crippen LogP contribution in [0.5, 0.6) is 0 Å². The molecule has 0 rings (SSSR count). The fourth-order valence-electron chi connectivity index (χ4n) is 2.03. The second-order valence-corrected chi connectivity index (χ2v) is 4.91. The summed E-state index contributed by atoms with van der Waals surface area (Å²) in [5.41, 5.74) is 0. The predicted molar refractivity (Wildman–Crippen MR) is 69.7 cm³/mol. The van der Waals surface area contributed by atoms with Crippen LogP contribution < -0.4 is 0 Å². The van der Waals surface area contributed by atoms with Crippen molar-refractivity contribution < 1.29 is 9.84 Å². The van der Waals surface area contributed by atoms with E-state index in [4.69, 9.17) is 4.74 Å². The highest BCUT2D eigenvalue weighted by molar-refractivity contribution is 4.62. The molecule has 2 heteroatoms. The fraction of sp³-hybridized carbons (Fsp3) is 1.00. The van der Waals surface area contributed by atoms with Crippen LogP contribution in [0, 0.1) is 0 Å². The van der Waals surface area contributed by atoms with E-state index in [9.17, 15) is 5.11 Å². The van der Waals surface area contributed by atoms with E-state index >= 15 is 0 Å². The third kappa shape index (κ3) is 9.17. The summed E-state index contributed by atoms with van der Waals surface area (Å²) < 4.78 is 5.93. The van der Waals surface area contributed by atoms with E-state index in [1.165, 1.54) is 32.1 Å². The molecule has 0 aromatic heterocycles. The maximum absolute atomic E-state index is 9.27. The zero-order valence-corrected chi connectivity index (χ0v) is 11.5. The maximum Gasteiger partial charge on any atom is 0.0576 e. The van der Waals surface area contributed by atoms with E-state index in [1.807, 2.05) is 6.92 Å². The zero-order valence-electron chi connectivity index (χ0n) is 11.5. The molecule has 0 aromatic carbocycles. The Morgan fingerprint density at radius 3 is 2.25 bits per heavy atom. The van der Waals surface area contributed by atoms with Crippen LogP contribution in [0.2, 0.25) is 0 Å². The molecule has 0 aliphatic rings. The summed E-state index contributed by atoms with van der Waals surface area (Å²) in [5, 5.41) is 9.27. The van der Waals surface area contributed by atoms with Crippen LogP contribution in [0.25, 0.3) is 0 Å². The molecule has 0 aliphatic carbocycles. The van der Waals surface area contributed by atoms with Gasteiger partial charge in [0.1, 0.15) is 0 Å². The van der Waals surface area contributed by atoms with Crippen LogP contribution >= 0.6 is 0 Å². The highest BCUT2D eigenvalue weighted by Crippen LogP contribution is 2.14. The topological polar surface area (TPSA) is 29.5 Å². The summed E-state index contributed by atoms with van der Waals surface area (Å²) in [7, 11) is 0. The fourth-order valence-corrected chi connectivity index (χ4v) is 2.03. The molecule has 98 valence electrons. The second kappa shape index (κ2) is 10.1. The molecule has 0 unspecified atom stereocenters. The molecule has 0 fully saturated rings. The highest BCUT2D eigenvalue weighted by Gasteiger charge is 2.12. The first-order valence-electron chi connectivity index (χ1n) is 6.93. The standard InChI is InChI=1S/C14H30O2/c1-5-7-8-9-10-14(6-2)16-13(4)11-12(3)15/h12-15H,5-11H2,1-4H3/t12-,13-,14-/m1/s1. The SMILES string of the molecule is CCCCCC[C@@H](CC)O[C@H](C)C[C@@H](C)O. The Morgan fingerprint density at radius 2 is 1.75 bits per heavy atom. The molecule has 0 saturated heterocycles. The van der Waals surface area contributed by atoms with Crippen LogP contribution in [0.4, 0.5) is 0 Å². The third-order valence-corrected chi connectivity index (χ3v) is 2.93. The number of aliphatic hydroxyl groups excluding tert-OH is 1. The molecule has 0 heterocycles. The van der Waals surface area contributed by atoms with E-state index < -0.39 is 0 Å². The first-order chi connectivity index (χ1) is 7.60. The van der Waals surface area contributed by atoms with E-state index in [0.717, 1.165) is 12.8 Å². The third-order valence-electron chi connectivity index (χ3n) is 2.93. The Kier molecular flexibility index (Phi) is 10.0. The Balaban J connectivity index is 3.64. The van der Waals surface area contributed by atoms with Crippen LogP contribution in [-0.4, -0.2) is 23.4 Å². The van der Waals surface area contributed by atoms with E-state index in [-0.39, 0.29) is 12.2 Å². The Morgan fingerprint density at radius 1 is 1.06 bits per heavy atom. The lowest BCUT2D eigenvalue weighted by Gasteiger charge is -2.22. The van der Waals surface area contributed by atoms with Gasteiger partial charge in [0.15, 0.2) is 0 Å². The number of hydrogen-bond donors (Lipinski definition) is 1. The lowest BCUT2D eigenvalue weighted by molar-refractivity contribution is -0.0297. The number of hydrogen-bond acceptors (Lipinski definition) is 2. The molecule has 16 heavy (non-hydrogen) atoms. The molecule has 2 nitrogen and oxygen atoms in total. The van der Waals surface area contributed by atoms with Crippen molar-refractivity contribution in [2.45, 2.75) is 91.0 Å². The molecule has 0 radical (unpaired) electrons. The van der Waals surface area contributed by atoms with Gasteiger partial charge in [-0.15, -0.1) is 0 Å². The van der Waals surface area contributed by atoms with Gasteiger partial charge >= 0.3 is 0 Å². The van der Waals surface area contributed by atoms with Crippen LogP contribution in [0.3, 0.4) is 0 Å². The van der Waals surface area contributed by atoms with Gasteiger partial charge in [-0.05, 0) is 33.1 Å². The van der Waals surface area contributed by atoms with Crippen LogP contribution in [0.15, 0.2) is 0 Å². The van der Waals surface area contributed by atoms with Crippen molar-refractivity contribution in [2.75, 3.05) is 0 Å². The number of unbranched alkanes of at least 4 members (excludes halogenated alkanes) is 3. The minimum Gasteiger partial charge on any atom is -0.393 e. The van der Waals surface area contributed by atoms with Crippen LogP contribution in [-0.2, 0) is 4.74 Å². The van der Waals surface area contributed by atoms with Gasteiger partial charge in [0, 0.05) is 0 Å². The largest absolute Gasteiger partial charge is 0.393 e. The van der Waals surface area contributed by atoms with Crippen molar-refractivity contribution in [2.24, 2.45) is 0 Å². The Hall–Kier alpha value is -0.0800. The summed E-state index contributed by atoms with van der Waals surface area (Å²) in [4.78, 5) is 0. The van der Waals surface area contributed by atoms with Crippen molar-refractivity contribution in [1.82, 2.24) is 0 Å². The molecular formula is C14H30O2. The van der Waals surface area contributed by atoms with Gasteiger partial charge < -0.3 is 9.84 Å². The average molecular weight is 230 g/mol. The normalized spacial score (nSPS) is 17.1. The van der Waals surface area contributed by atoms with Crippen molar-refractivity contribution in [3.05, 3.63) is 0 Å². The molecule has 0 aliphatic heterocycles. The Bertz CT molecular complexity index is 146. The summed E-state index contributed by atoms with van der Waals surface area (Å²) >= 11 is 0. The molecule has 0 spiro atoms. The van der Waals surface area contributed by atoms with Crippen LogP contribution in [0.1, 0.15) is 72.6 Å². The zero-order chi connectivity index (χ0) is 12.4. The van der Waals surface area contributed by atoms with E-state index in [0.29, 0.717) is 6.10 Å². The molecule has 0 aromatic rings. The summed E-state index contributed by atoms with van der Waals surface area (Å²) in [6, 6.07) is 0. The summed E-state index contributed by atoms with van der Waals surface area (Å²) in [5.74, 6) is 0. The lowest BCUT2D eigenvalue weighted by Crippen LogP contribution is -2.22. The predicted octanol–water partition coefficient (Wildman–Crippen LogP) is 3.91. The van der Waals surface area contributed by atoms with Crippen molar-refractivity contribution >= 4 is 0 Å². The first kappa shape index (κ1) is 15.9. The quantitative estimate of drug-likeness (QED) is 0.577. The van der Waals surface area contributed by atoms with Gasteiger partial charge in [0.25, 0.3) is 0 Å². The number of rotatable bonds is 10. The molecule has 1 N–H and O–H groups in total. The summed E-state index contributed by atoms with van der Waals surface area (Å²) in [6.45, 7) is 8.29. The van der Waals surface area contributed by atoms with Gasteiger partial charge in [-0.25, -0.2) is 0 Å². The molecule has 3 atom stereocenters. The number of ether oxygens (including phenoxy) is 1. The lowest BCUT2D eigenvalue weighted by atomic mass is 10.1. The van der Waals surface area contributed by atoms with Crippen molar-refractivity contribution in [3.8, 4) is 0 Å². The monoisotopic (exact) mass is 230 g/mol. The van der Waals surface area contributed by atoms with Gasteiger partial charge in [0.2, 0.25) is 0 Å². The van der Waals surface area contributed by atoms with Gasteiger partial charge in [-0.2, -0.15) is 0 Å². The molecular weight excluding hydrogens is 200 g/mol. The molecule has 0 amide bonds. The Labute approximate surface area is 101 Å². The minimum atomic E-state index is -0.257.